The van der Waals surface area contributed by atoms with Crippen LogP contribution in [0.25, 0.3) is 0 Å². The first-order valence-electron chi connectivity index (χ1n) is 6.26. The van der Waals surface area contributed by atoms with Crippen LogP contribution in [0.4, 0.5) is 0 Å². The number of hydrogen-bond acceptors (Lipinski definition) is 4. The molecule has 1 fully saturated rings. The zero-order chi connectivity index (χ0) is 11.8. The molecule has 2 unspecified atom stereocenters. The van der Waals surface area contributed by atoms with Crippen LogP contribution in [0.1, 0.15) is 19.8 Å². The second-order valence-corrected chi connectivity index (χ2v) is 4.65. The Hall–Kier alpha value is -0.160. The lowest BCUT2D eigenvalue weighted by atomic mass is 10.2. The summed E-state index contributed by atoms with van der Waals surface area (Å²) in [6, 6.07) is 0. The van der Waals surface area contributed by atoms with E-state index >= 15 is 0 Å². The number of rotatable bonds is 8. The summed E-state index contributed by atoms with van der Waals surface area (Å²) < 4.78 is 10.8. The van der Waals surface area contributed by atoms with E-state index < -0.39 is 0 Å². The largest absolute Gasteiger partial charge is 0.383 e. The first-order valence-corrected chi connectivity index (χ1v) is 6.26. The minimum absolute atomic E-state index is 0.430. The maximum atomic E-state index is 5.74. The van der Waals surface area contributed by atoms with E-state index in [-0.39, 0.29) is 0 Å². The van der Waals surface area contributed by atoms with Crippen molar-refractivity contribution in [2.45, 2.75) is 32.0 Å². The molecule has 0 amide bonds. The van der Waals surface area contributed by atoms with E-state index in [4.69, 9.17) is 9.47 Å². The van der Waals surface area contributed by atoms with Gasteiger partial charge in [-0.25, -0.2) is 0 Å². The summed E-state index contributed by atoms with van der Waals surface area (Å²) in [5, 5.41) is 3.45. The van der Waals surface area contributed by atoms with Crippen molar-refractivity contribution in [1.82, 2.24) is 10.2 Å². The van der Waals surface area contributed by atoms with Crippen LogP contribution in [0.5, 0.6) is 0 Å². The van der Waals surface area contributed by atoms with E-state index in [1.165, 1.54) is 12.8 Å². The van der Waals surface area contributed by atoms with Crippen molar-refractivity contribution < 1.29 is 9.47 Å². The molecule has 1 aliphatic rings. The molecular weight excluding hydrogens is 204 g/mol. The second kappa shape index (κ2) is 8.01. The molecule has 4 nitrogen and oxygen atoms in total. The summed E-state index contributed by atoms with van der Waals surface area (Å²) in [5.41, 5.74) is 0. The summed E-state index contributed by atoms with van der Waals surface area (Å²) in [4.78, 5) is 2.27. The predicted molar refractivity (Wildman–Crippen MR) is 65.8 cm³/mol. The van der Waals surface area contributed by atoms with Gasteiger partial charge in [-0.15, -0.1) is 0 Å². The topological polar surface area (TPSA) is 33.7 Å². The normalized spacial score (nSPS) is 25.5. The fourth-order valence-corrected chi connectivity index (χ4v) is 1.93. The molecule has 0 aromatic rings. The highest BCUT2D eigenvalue weighted by atomic mass is 16.5. The number of hydrogen-bond donors (Lipinski definition) is 1. The maximum Gasteiger partial charge on any atom is 0.0704 e. The zero-order valence-electron chi connectivity index (χ0n) is 10.9. The van der Waals surface area contributed by atoms with E-state index in [2.05, 4.69) is 24.2 Å². The minimum Gasteiger partial charge on any atom is -0.383 e. The minimum atomic E-state index is 0.430. The molecule has 0 saturated carbocycles. The number of nitrogens with one attached hydrogen (secondary N) is 1. The fraction of sp³-hybridized carbons (Fsp3) is 1.00. The monoisotopic (exact) mass is 230 g/mol. The molecule has 4 heteroatoms. The Bertz CT molecular complexity index is 178. The number of ether oxygens (including phenoxy) is 2. The van der Waals surface area contributed by atoms with Crippen LogP contribution < -0.4 is 5.32 Å². The third-order valence-electron chi connectivity index (χ3n) is 3.04. The quantitative estimate of drug-likeness (QED) is 0.623. The first kappa shape index (κ1) is 13.9. The van der Waals surface area contributed by atoms with Gasteiger partial charge in [0, 0.05) is 33.3 Å². The lowest BCUT2D eigenvalue weighted by molar-refractivity contribution is 0.0557. The molecule has 1 rings (SSSR count). The van der Waals surface area contributed by atoms with Crippen molar-refractivity contribution in [2.75, 3.05) is 46.9 Å². The van der Waals surface area contributed by atoms with Crippen LogP contribution in [0.2, 0.25) is 0 Å². The molecule has 1 heterocycles. The summed E-state index contributed by atoms with van der Waals surface area (Å²) in [7, 11) is 3.86. The summed E-state index contributed by atoms with van der Waals surface area (Å²) in [6.45, 7) is 7.02. The van der Waals surface area contributed by atoms with Gasteiger partial charge >= 0.3 is 0 Å². The van der Waals surface area contributed by atoms with Gasteiger partial charge in [-0.1, -0.05) is 0 Å². The lowest BCUT2D eigenvalue weighted by Crippen LogP contribution is -2.35. The van der Waals surface area contributed by atoms with Gasteiger partial charge in [0.2, 0.25) is 0 Å². The van der Waals surface area contributed by atoms with Crippen LogP contribution >= 0.6 is 0 Å². The van der Waals surface area contributed by atoms with E-state index in [9.17, 15) is 0 Å². The highest BCUT2D eigenvalue weighted by molar-refractivity contribution is 4.72. The zero-order valence-corrected chi connectivity index (χ0v) is 10.9. The van der Waals surface area contributed by atoms with Gasteiger partial charge in [-0.3, -0.25) is 0 Å². The van der Waals surface area contributed by atoms with Gasteiger partial charge < -0.3 is 19.7 Å². The van der Waals surface area contributed by atoms with Gasteiger partial charge in [-0.05, 0) is 26.8 Å². The molecule has 2 atom stereocenters. The fourth-order valence-electron chi connectivity index (χ4n) is 1.93. The summed E-state index contributed by atoms with van der Waals surface area (Å²) in [6.07, 6.45) is 3.30. The maximum absolute atomic E-state index is 5.74. The van der Waals surface area contributed by atoms with Crippen LogP contribution in [0.3, 0.4) is 0 Å². The van der Waals surface area contributed by atoms with E-state index in [1.807, 2.05) is 0 Å². The average molecular weight is 230 g/mol. The highest BCUT2D eigenvalue weighted by Crippen LogP contribution is 2.17. The van der Waals surface area contributed by atoms with Crippen molar-refractivity contribution in [3.8, 4) is 0 Å². The molecule has 96 valence electrons. The second-order valence-electron chi connectivity index (χ2n) is 4.65. The Balaban J connectivity index is 1.91. The molecule has 0 spiro atoms. The van der Waals surface area contributed by atoms with E-state index in [0.29, 0.717) is 12.2 Å². The smallest absolute Gasteiger partial charge is 0.0704 e. The van der Waals surface area contributed by atoms with Crippen LogP contribution in [-0.2, 0) is 9.47 Å². The van der Waals surface area contributed by atoms with Crippen molar-refractivity contribution in [1.29, 1.82) is 0 Å². The van der Waals surface area contributed by atoms with Crippen molar-refractivity contribution in [2.24, 2.45) is 0 Å². The number of methoxy groups -OCH3 is 1. The number of likely N-dealkylation sites (N-methyl/N-ethyl adjacent to an activating group) is 1. The molecule has 0 aromatic carbocycles. The Morgan fingerprint density at radius 3 is 2.81 bits per heavy atom. The van der Waals surface area contributed by atoms with Gasteiger partial charge in [0.05, 0.1) is 18.8 Å². The van der Waals surface area contributed by atoms with Crippen LogP contribution in [0.15, 0.2) is 0 Å². The molecular formula is C12H26N2O2. The molecule has 0 bridgehead atoms. The molecule has 0 aromatic heterocycles. The Kier molecular flexibility index (Phi) is 6.96. The van der Waals surface area contributed by atoms with Gasteiger partial charge in [0.15, 0.2) is 0 Å². The Morgan fingerprint density at radius 1 is 1.38 bits per heavy atom. The van der Waals surface area contributed by atoms with Gasteiger partial charge in [0.1, 0.15) is 0 Å². The third kappa shape index (κ3) is 5.80. The highest BCUT2D eigenvalue weighted by Gasteiger charge is 2.20. The third-order valence-corrected chi connectivity index (χ3v) is 3.04. The first-order chi connectivity index (χ1) is 7.72. The molecule has 1 aliphatic heterocycles. The van der Waals surface area contributed by atoms with Crippen LogP contribution in [-0.4, -0.2) is 64.1 Å². The van der Waals surface area contributed by atoms with Crippen molar-refractivity contribution in [3.63, 3.8) is 0 Å². The van der Waals surface area contributed by atoms with Crippen LogP contribution in [0, 0.1) is 0 Å². The predicted octanol–water partition coefficient (Wildman–Crippen LogP) is 0.722. The molecule has 16 heavy (non-hydrogen) atoms. The van der Waals surface area contributed by atoms with E-state index in [1.54, 1.807) is 7.11 Å². The average Bonchev–Trinajstić information content (AvgIpc) is 2.67. The van der Waals surface area contributed by atoms with Gasteiger partial charge in [0.25, 0.3) is 0 Å². The van der Waals surface area contributed by atoms with Gasteiger partial charge in [-0.2, -0.15) is 0 Å². The standard InChI is InChI=1S/C12H26N2O2/c1-11-4-5-12(16-11)10-13-6-7-14(2)8-9-15-3/h11-13H,4-10H2,1-3H3. The lowest BCUT2D eigenvalue weighted by Gasteiger charge is -2.17. The number of nitrogens with zero attached hydrogens (tertiary/aromatic N) is 1. The summed E-state index contributed by atoms with van der Waals surface area (Å²) >= 11 is 0. The van der Waals surface area contributed by atoms with Crippen molar-refractivity contribution >= 4 is 0 Å². The molecule has 0 radical (unpaired) electrons. The van der Waals surface area contributed by atoms with E-state index in [0.717, 1.165) is 32.8 Å². The Morgan fingerprint density at radius 2 is 2.19 bits per heavy atom. The molecule has 1 saturated heterocycles. The Labute approximate surface area is 99.3 Å². The van der Waals surface area contributed by atoms with Crippen molar-refractivity contribution in [3.05, 3.63) is 0 Å². The molecule has 1 N–H and O–H groups in total. The SMILES string of the molecule is COCCN(C)CCNCC1CCC(C)O1. The molecule has 0 aliphatic carbocycles. The summed E-state index contributed by atoms with van der Waals surface area (Å²) in [5.74, 6) is 0.